The first kappa shape index (κ1) is 18.2. The van der Waals surface area contributed by atoms with Gasteiger partial charge >= 0.3 is 0 Å². The Bertz CT molecular complexity index is 819. The maximum absolute atomic E-state index is 13.8. The number of benzene rings is 2. The van der Waals surface area contributed by atoms with Crippen LogP contribution in [-0.4, -0.2) is 58.1 Å². The molecule has 0 aliphatic heterocycles. The van der Waals surface area contributed by atoms with Crippen LogP contribution >= 0.6 is 0 Å². The molecule has 1 aromatic heterocycles. The molecule has 136 valence electrons. The standard InChI is InChI=1S/C19H23FN6/c1-25(2)13-18(14-7-5-4-6-8-14)26(3)12-15-9-10-16(20)11-17(15)19-21-23-24-22-19/h4-11,18H,12-13H2,1-3H3,(H,21,22,23,24). The molecule has 0 amide bonds. The molecule has 1 atom stereocenters. The molecule has 1 N–H and O–H groups in total. The molecule has 1 unspecified atom stereocenters. The van der Waals surface area contributed by atoms with Crippen molar-refractivity contribution in [1.82, 2.24) is 30.4 Å². The molecule has 3 aromatic rings. The van der Waals surface area contributed by atoms with Crippen LogP contribution in [0.2, 0.25) is 0 Å². The molecular formula is C19H23FN6. The van der Waals surface area contributed by atoms with Crippen molar-refractivity contribution in [3.8, 4) is 11.4 Å². The molecule has 1 heterocycles. The molecule has 2 aromatic carbocycles. The SMILES string of the molecule is CN(C)CC(c1ccccc1)N(C)Cc1ccc(F)cc1-c1nn[nH]n1. The second-order valence-electron chi connectivity index (χ2n) is 6.64. The van der Waals surface area contributed by atoms with Gasteiger partial charge in [0, 0.05) is 24.7 Å². The summed E-state index contributed by atoms with van der Waals surface area (Å²) in [5.74, 6) is 0.0841. The average molecular weight is 354 g/mol. The van der Waals surface area contributed by atoms with E-state index in [1.54, 1.807) is 6.07 Å². The molecule has 6 nitrogen and oxygen atoms in total. The smallest absolute Gasteiger partial charge is 0.205 e. The van der Waals surface area contributed by atoms with Gasteiger partial charge in [0.25, 0.3) is 0 Å². The molecule has 0 aliphatic rings. The Kier molecular flexibility index (Phi) is 5.70. The van der Waals surface area contributed by atoms with Crippen molar-refractivity contribution < 1.29 is 4.39 Å². The first-order valence-corrected chi connectivity index (χ1v) is 8.46. The molecule has 3 rings (SSSR count). The Labute approximate surface area is 152 Å². The van der Waals surface area contributed by atoms with Gasteiger partial charge in [0.15, 0.2) is 0 Å². The summed E-state index contributed by atoms with van der Waals surface area (Å²) in [6.45, 7) is 1.51. The fraction of sp³-hybridized carbons (Fsp3) is 0.316. The zero-order valence-electron chi connectivity index (χ0n) is 15.2. The van der Waals surface area contributed by atoms with E-state index in [2.05, 4.69) is 75.8 Å². The molecule has 0 radical (unpaired) electrons. The van der Waals surface area contributed by atoms with Gasteiger partial charge in [-0.2, -0.15) is 5.21 Å². The summed E-state index contributed by atoms with van der Waals surface area (Å²) in [6.07, 6.45) is 0. The zero-order chi connectivity index (χ0) is 18.5. The number of aromatic amines is 1. The van der Waals surface area contributed by atoms with Gasteiger partial charge in [-0.15, -0.1) is 10.2 Å². The van der Waals surface area contributed by atoms with E-state index in [9.17, 15) is 4.39 Å². The number of halogens is 1. The molecule has 0 saturated heterocycles. The van der Waals surface area contributed by atoms with Gasteiger partial charge in [0.05, 0.1) is 0 Å². The number of tetrazole rings is 1. The lowest BCUT2D eigenvalue weighted by Crippen LogP contribution is -2.32. The van der Waals surface area contributed by atoms with Crippen molar-refractivity contribution in [2.24, 2.45) is 0 Å². The number of hydrogen-bond donors (Lipinski definition) is 1. The number of hydrogen-bond acceptors (Lipinski definition) is 5. The van der Waals surface area contributed by atoms with E-state index in [1.165, 1.54) is 17.7 Å². The third-order valence-electron chi connectivity index (χ3n) is 4.33. The minimum Gasteiger partial charge on any atom is -0.307 e. The van der Waals surface area contributed by atoms with Gasteiger partial charge in [-0.1, -0.05) is 36.4 Å². The Morgan fingerprint density at radius 1 is 1.08 bits per heavy atom. The van der Waals surface area contributed by atoms with Crippen molar-refractivity contribution in [2.45, 2.75) is 12.6 Å². The maximum atomic E-state index is 13.8. The highest BCUT2D eigenvalue weighted by atomic mass is 19.1. The molecule has 0 bridgehead atoms. The summed E-state index contributed by atoms with van der Waals surface area (Å²) in [5, 5.41) is 14.0. The normalized spacial score (nSPS) is 12.7. The quantitative estimate of drug-likeness (QED) is 0.707. The Morgan fingerprint density at radius 2 is 1.85 bits per heavy atom. The van der Waals surface area contributed by atoms with E-state index in [4.69, 9.17) is 0 Å². The van der Waals surface area contributed by atoms with Crippen molar-refractivity contribution in [1.29, 1.82) is 0 Å². The molecule has 7 heteroatoms. The Balaban J connectivity index is 1.89. The molecule has 26 heavy (non-hydrogen) atoms. The fourth-order valence-electron chi connectivity index (χ4n) is 3.07. The van der Waals surface area contributed by atoms with Gasteiger partial charge in [-0.25, -0.2) is 4.39 Å². The number of H-pyrrole nitrogens is 1. The lowest BCUT2D eigenvalue weighted by atomic mass is 10.0. The molecular weight excluding hydrogens is 331 g/mol. The van der Waals surface area contributed by atoms with Crippen LogP contribution in [0.3, 0.4) is 0 Å². The van der Waals surface area contributed by atoms with Crippen molar-refractivity contribution in [3.63, 3.8) is 0 Å². The van der Waals surface area contributed by atoms with E-state index >= 15 is 0 Å². The summed E-state index contributed by atoms with van der Waals surface area (Å²) in [7, 11) is 6.20. The van der Waals surface area contributed by atoms with Gasteiger partial charge in [0.2, 0.25) is 5.82 Å². The van der Waals surface area contributed by atoms with Crippen LogP contribution in [-0.2, 0) is 6.54 Å². The van der Waals surface area contributed by atoms with Crippen LogP contribution in [0.15, 0.2) is 48.5 Å². The monoisotopic (exact) mass is 354 g/mol. The Morgan fingerprint density at radius 3 is 2.50 bits per heavy atom. The fourth-order valence-corrected chi connectivity index (χ4v) is 3.07. The molecule has 0 spiro atoms. The van der Waals surface area contributed by atoms with Crippen LogP contribution < -0.4 is 0 Å². The van der Waals surface area contributed by atoms with E-state index in [0.29, 0.717) is 17.9 Å². The Hall–Kier alpha value is -2.64. The first-order chi connectivity index (χ1) is 12.5. The third kappa shape index (κ3) is 4.30. The minimum atomic E-state index is -0.316. The molecule has 0 saturated carbocycles. The van der Waals surface area contributed by atoms with Gasteiger partial charge in [-0.3, -0.25) is 4.90 Å². The summed E-state index contributed by atoms with van der Waals surface area (Å²) in [4.78, 5) is 4.42. The lowest BCUT2D eigenvalue weighted by molar-refractivity contribution is 0.190. The maximum Gasteiger partial charge on any atom is 0.205 e. The van der Waals surface area contributed by atoms with E-state index in [0.717, 1.165) is 12.1 Å². The topological polar surface area (TPSA) is 60.9 Å². The van der Waals surface area contributed by atoms with E-state index in [1.807, 2.05) is 6.07 Å². The first-order valence-electron chi connectivity index (χ1n) is 8.46. The van der Waals surface area contributed by atoms with Crippen LogP contribution in [0.4, 0.5) is 4.39 Å². The summed E-state index contributed by atoms with van der Waals surface area (Å²) in [6, 6.07) is 15.3. The number of likely N-dealkylation sites (N-methyl/N-ethyl adjacent to an activating group) is 2. The highest BCUT2D eigenvalue weighted by molar-refractivity contribution is 5.59. The van der Waals surface area contributed by atoms with Crippen LogP contribution in [0.1, 0.15) is 17.2 Å². The van der Waals surface area contributed by atoms with Gasteiger partial charge < -0.3 is 4.90 Å². The zero-order valence-corrected chi connectivity index (χ0v) is 15.2. The summed E-state index contributed by atoms with van der Waals surface area (Å²) >= 11 is 0. The molecule has 0 fully saturated rings. The number of nitrogens with one attached hydrogen (secondary N) is 1. The van der Waals surface area contributed by atoms with Crippen LogP contribution in [0.5, 0.6) is 0 Å². The van der Waals surface area contributed by atoms with Crippen molar-refractivity contribution >= 4 is 0 Å². The predicted molar refractivity (Wildman–Crippen MR) is 98.8 cm³/mol. The second-order valence-corrected chi connectivity index (χ2v) is 6.64. The number of nitrogens with zero attached hydrogens (tertiary/aromatic N) is 5. The number of aromatic nitrogens is 4. The van der Waals surface area contributed by atoms with Crippen molar-refractivity contribution in [3.05, 3.63) is 65.5 Å². The minimum absolute atomic E-state index is 0.203. The third-order valence-corrected chi connectivity index (χ3v) is 4.33. The number of rotatable bonds is 7. The van der Waals surface area contributed by atoms with Crippen molar-refractivity contribution in [2.75, 3.05) is 27.7 Å². The highest BCUT2D eigenvalue weighted by Crippen LogP contribution is 2.26. The summed E-state index contributed by atoms with van der Waals surface area (Å²) < 4.78 is 13.8. The average Bonchev–Trinajstić information content (AvgIpc) is 3.16. The molecule has 0 aliphatic carbocycles. The summed E-state index contributed by atoms with van der Waals surface area (Å²) in [5.41, 5.74) is 2.85. The van der Waals surface area contributed by atoms with Gasteiger partial charge in [0.1, 0.15) is 5.82 Å². The van der Waals surface area contributed by atoms with Crippen LogP contribution in [0.25, 0.3) is 11.4 Å². The van der Waals surface area contributed by atoms with Gasteiger partial charge in [-0.05, 0) is 49.6 Å². The van der Waals surface area contributed by atoms with Crippen LogP contribution in [0, 0.1) is 5.82 Å². The predicted octanol–water partition coefficient (Wildman–Crippen LogP) is 2.74. The largest absolute Gasteiger partial charge is 0.307 e. The van der Waals surface area contributed by atoms with E-state index in [-0.39, 0.29) is 11.9 Å². The second kappa shape index (κ2) is 8.16. The lowest BCUT2D eigenvalue weighted by Gasteiger charge is -2.31. The van der Waals surface area contributed by atoms with E-state index < -0.39 is 0 Å². The highest BCUT2D eigenvalue weighted by Gasteiger charge is 2.20.